The topological polar surface area (TPSA) is 97.2 Å². The Balaban J connectivity index is 2.19. The number of sulfonamides is 1. The van der Waals surface area contributed by atoms with Crippen molar-refractivity contribution in [1.82, 2.24) is 4.72 Å². The highest BCUT2D eigenvalue weighted by atomic mass is 127. The van der Waals surface area contributed by atoms with Gasteiger partial charge in [-0.05, 0) is 12.1 Å². The molecule has 0 fully saturated rings. The van der Waals surface area contributed by atoms with Crippen LogP contribution in [0.2, 0.25) is 0 Å². The second-order valence-corrected chi connectivity index (χ2v) is 7.50. The van der Waals surface area contributed by atoms with Gasteiger partial charge in [-0.1, -0.05) is 28.7 Å². The van der Waals surface area contributed by atoms with Gasteiger partial charge in [0, 0.05) is 6.54 Å². The Morgan fingerprint density at radius 1 is 1.50 bits per heavy atom. The SMILES string of the molecule is COC(=O)C(I)CNS(=O)(=O)c1cccc2c1N=S=N2. The van der Waals surface area contributed by atoms with Crippen molar-refractivity contribution in [2.45, 2.75) is 8.82 Å². The van der Waals surface area contributed by atoms with Crippen LogP contribution >= 0.6 is 22.6 Å². The number of methoxy groups -OCH3 is 1. The molecule has 1 unspecified atom stereocenters. The molecule has 10 heteroatoms. The normalized spacial score (nSPS) is 14.5. The van der Waals surface area contributed by atoms with E-state index in [4.69, 9.17) is 0 Å². The molecule has 0 aromatic heterocycles. The Morgan fingerprint density at radius 3 is 2.95 bits per heavy atom. The molecule has 0 bridgehead atoms. The first kappa shape index (κ1) is 15.5. The fourth-order valence-corrected chi connectivity index (χ4v) is 4.05. The zero-order valence-corrected chi connectivity index (χ0v) is 14.0. The van der Waals surface area contributed by atoms with E-state index in [0.717, 1.165) is 11.4 Å². The summed E-state index contributed by atoms with van der Waals surface area (Å²) in [6.45, 7) is -0.0521. The zero-order chi connectivity index (χ0) is 14.8. The van der Waals surface area contributed by atoms with Crippen LogP contribution in [0, 0.1) is 0 Å². The lowest BCUT2D eigenvalue weighted by Gasteiger charge is -2.11. The molecule has 0 aliphatic carbocycles. The predicted octanol–water partition coefficient (Wildman–Crippen LogP) is 1.67. The third-order valence-electron chi connectivity index (χ3n) is 2.45. The molecule has 0 spiro atoms. The van der Waals surface area contributed by atoms with Gasteiger partial charge in [0.05, 0.1) is 18.5 Å². The van der Waals surface area contributed by atoms with Crippen molar-refractivity contribution in [3.63, 3.8) is 0 Å². The van der Waals surface area contributed by atoms with Crippen LogP contribution in [0.1, 0.15) is 0 Å². The summed E-state index contributed by atoms with van der Waals surface area (Å²) in [5.41, 5.74) is 0.852. The van der Waals surface area contributed by atoms with E-state index in [0.29, 0.717) is 11.4 Å². The van der Waals surface area contributed by atoms with Crippen LogP contribution in [0.15, 0.2) is 31.8 Å². The molecule has 1 aliphatic heterocycles. The average Bonchev–Trinajstić information content (AvgIpc) is 2.91. The van der Waals surface area contributed by atoms with Gasteiger partial charge in [0.15, 0.2) is 0 Å². The van der Waals surface area contributed by atoms with E-state index < -0.39 is 19.9 Å². The molecule has 0 radical (unpaired) electrons. The summed E-state index contributed by atoms with van der Waals surface area (Å²) in [5.74, 6) is -0.484. The maximum atomic E-state index is 12.2. The standard InChI is InChI=1S/C10H10IN3O4S2/c1-18-10(15)6(11)5-12-20(16,17)8-4-2-3-7-9(8)14-19-13-7/h2-4,6,12H,5H2,1H3. The van der Waals surface area contributed by atoms with Gasteiger partial charge >= 0.3 is 5.97 Å². The van der Waals surface area contributed by atoms with Crippen molar-refractivity contribution >= 4 is 61.3 Å². The largest absolute Gasteiger partial charge is 0.468 e. The molecule has 0 saturated heterocycles. The first-order valence-electron chi connectivity index (χ1n) is 5.38. The number of hydrogen-bond donors (Lipinski definition) is 1. The maximum Gasteiger partial charge on any atom is 0.319 e. The van der Waals surface area contributed by atoms with Gasteiger partial charge in [-0.2, -0.15) is 8.73 Å². The number of halogens is 1. The van der Waals surface area contributed by atoms with Crippen molar-refractivity contribution in [3.05, 3.63) is 18.2 Å². The lowest BCUT2D eigenvalue weighted by molar-refractivity contribution is -0.139. The predicted molar refractivity (Wildman–Crippen MR) is 83.0 cm³/mol. The molecule has 2 rings (SSSR count). The number of benzene rings is 1. The summed E-state index contributed by atoms with van der Waals surface area (Å²) in [5, 5.41) is 0. The van der Waals surface area contributed by atoms with Crippen LogP contribution in [-0.4, -0.2) is 32.0 Å². The number of alkyl halides is 1. The summed E-state index contributed by atoms with van der Waals surface area (Å²) in [7, 11) is -2.50. The molecular weight excluding hydrogens is 417 g/mol. The summed E-state index contributed by atoms with van der Waals surface area (Å²) in [4.78, 5) is 11.3. The number of carbonyl (C=O) groups excluding carboxylic acids is 1. The van der Waals surface area contributed by atoms with Crippen molar-refractivity contribution in [1.29, 1.82) is 0 Å². The minimum absolute atomic E-state index is 0.0521. The first-order chi connectivity index (χ1) is 9.45. The van der Waals surface area contributed by atoms with Gasteiger partial charge in [0.2, 0.25) is 10.0 Å². The highest BCUT2D eigenvalue weighted by molar-refractivity contribution is 14.1. The molecule has 108 valence electrons. The number of hydrogen-bond acceptors (Lipinski definition) is 6. The van der Waals surface area contributed by atoms with E-state index >= 15 is 0 Å². The van der Waals surface area contributed by atoms with Crippen LogP contribution in [-0.2, 0) is 30.9 Å². The lowest BCUT2D eigenvalue weighted by Crippen LogP contribution is -2.33. The Morgan fingerprint density at radius 2 is 2.25 bits per heavy atom. The molecule has 1 aromatic rings. The highest BCUT2D eigenvalue weighted by Gasteiger charge is 2.24. The number of nitrogens with one attached hydrogen (secondary N) is 1. The fourth-order valence-electron chi connectivity index (χ4n) is 1.47. The van der Waals surface area contributed by atoms with Gasteiger partial charge in [-0.25, -0.2) is 13.1 Å². The fraction of sp³-hybridized carbons (Fsp3) is 0.300. The van der Waals surface area contributed by atoms with E-state index in [-0.39, 0.29) is 11.4 Å². The minimum atomic E-state index is -3.75. The van der Waals surface area contributed by atoms with E-state index in [2.05, 4.69) is 18.2 Å². The summed E-state index contributed by atoms with van der Waals surface area (Å²) >= 11 is 2.76. The van der Waals surface area contributed by atoms with Crippen LogP contribution < -0.4 is 4.72 Å². The zero-order valence-electron chi connectivity index (χ0n) is 10.2. The van der Waals surface area contributed by atoms with Gasteiger partial charge in [0.25, 0.3) is 0 Å². The Bertz CT molecular complexity index is 713. The monoisotopic (exact) mass is 427 g/mol. The smallest absolute Gasteiger partial charge is 0.319 e. The molecule has 1 heterocycles. The molecule has 0 saturated carbocycles. The number of nitrogens with zero attached hydrogens (tertiary/aromatic N) is 2. The average molecular weight is 427 g/mol. The van der Waals surface area contributed by atoms with Gasteiger partial charge in [-0.3, -0.25) is 4.79 Å². The minimum Gasteiger partial charge on any atom is -0.468 e. The molecule has 20 heavy (non-hydrogen) atoms. The molecule has 1 atom stereocenters. The van der Waals surface area contributed by atoms with E-state index in [9.17, 15) is 13.2 Å². The molecule has 1 aliphatic rings. The van der Waals surface area contributed by atoms with E-state index in [1.54, 1.807) is 12.1 Å². The Hall–Kier alpha value is -0.850. The van der Waals surface area contributed by atoms with Crippen molar-refractivity contribution in [3.8, 4) is 0 Å². The van der Waals surface area contributed by atoms with Crippen molar-refractivity contribution < 1.29 is 17.9 Å². The van der Waals surface area contributed by atoms with Gasteiger partial charge in [0.1, 0.15) is 20.2 Å². The van der Waals surface area contributed by atoms with Gasteiger partial charge < -0.3 is 4.74 Å². The van der Waals surface area contributed by atoms with E-state index in [1.807, 2.05) is 22.6 Å². The molecule has 7 nitrogen and oxygen atoms in total. The summed E-state index contributed by atoms with van der Waals surface area (Å²) < 4.78 is 38.7. The molecular formula is C10H10IN3O4S2. The summed E-state index contributed by atoms with van der Waals surface area (Å²) in [6.07, 6.45) is 0. The molecule has 0 amide bonds. The van der Waals surface area contributed by atoms with Crippen LogP contribution in [0.3, 0.4) is 0 Å². The molecule has 1 N–H and O–H groups in total. The lowest BCUT2D eigenvalue weighted by atomic mass is 10.3. The van der Waals surface area contributed by atoms with Gasteiger partial charge in [-0.15, -0.1) is 0 Å². The quantitative estimate of drug-likeness (QED) is 0.446. The molecule has 1 aromatic carbocycles. The third kappa shape index (κ3) is 3.24. The Kier molecular flexibility index (Phi) is 4.88. The Labute approximate surface area is 133 Å². The highest BCUT2D eigenvalue weighted by Crippen LogP contribution is 2.37. The third-order valence-corrected chi connectivity index (χ3v) is 5.39. The number of esters is 1. The summed E-state index contributed by atoms with van der Waals surface area (Å²) in [6, 6.07) is 4.74. The van der Waals surface area contributed by atoms with E-state index in [1.165, 1.54) is 13.2 Å². The number of carbonyl (C=O) groups is 1. The first-order valence-corrected chi connectivity index (χ1v) is 8.84. The maximum absolute atomic E-state index is 12.2. The van der Waals surface area contributed by atoms with Crippen molar-refractivity contribution in [2.75, 3.05) is 13.7 Å². The number of ether oxygens (including phenoxy) is 1. The second kappa shape index (κ2) is 6.28. The number of fused-ring (bicyclic) bond motifs is 1. The number of rotatable bonds is 5. The van der Waals surface area contributed by atoms with Crippen LogP contribution in [0.5, 0.6) is 0 Å². The van der Waals surface area contributed by atoms with Crippen molar-refractivity contribution in [2.24, 2.45) is 8.73 Å². The van der Waals surface area contributed by atoms with Crippen LogP contribution in [0.4, 0.5) is 11.4 Å². The second-order valence-electron chi connectivity index (χ2n) is 3.73. The van der Waals surface area contributed by atoms with Crippen LogP contribution in [0.25, 0.3) is 0 Å².